The number of nitrogens with two attached hydrogens (primary N) is 1. The highest BCUT2D eigenvalue weighted by Gasteiger charge is 2.49. The van der Waals surface area contributed by atoms with E-state index in [1.165, 1.54) is 0 Å². The van der Waals surface area contributed by atoms with Crippen LogP contribution in [0.15, 0.2) is 6.07 Å². The zero-order chi connectivity index (χ0) is 13.5. The maximum absolute atomic E-state index is 12.6. The summed E-state index contributed by atoms with van der Waals surface area (Å²) in [6, 6.07) is 1.81. The lowest BCUT2D eigenvalue weighted by atomic mass is 9.90. The molecule has 3 nitrogen and oxygen atoms in total. The minimum atomic E-state index is -0.378. The van der Waals surface area contributed by atoms with Crippen molar-refractivity contribution in [2.24, 2.45) is 11.1 Å². The summed E-state index contributed by atoms with van der Waals surface area (Å²) in [5.74, 6) is 0.667. The molecule has 0 spiro atoms. The van der Waals surface area contributed by atoms with E-state index >= 15 is 0 Å². The van der Waals surface area contributed by atoms with Crippen LogP contribution in [0.2, 0.25) is 5.02 Å². The van der Waals surface area contributed by atoms with Crippen molar-refractivity contribution in [3.8, 4) is 5.75 Å². The summed E-state index contributed by atoms with van der Waals surface area (Å²) >= 11 is 6.23. The number of ketones is 1. The molecule has 1 aromatic rings. The van der Waals surface area contributed by atoms with Gasteiger partial charge in [0.2, 0.25) is 0 Å². The molecule has 4 heteroatoms. The van der Waals surface area contributed by atoms with Crippen molar-refractivity contribution in [1.82, 2.24) is 0 Å². The van der Waals surface area contributed by atoms with E-state index in [0.29, 0.717) is 22.9 Å². The maximum Gasteiger partial charge on any atom is 0.174 e. The Labute approximate surface area is 112 Å². The van der Waals surface area contributed by atoms with Gasteiger partial charge in [-0.05, 0) is 43.9 Å². The van der Waals surface area contributed by atoms with Crippen molar-refractivity contribution in [3.05, 3.63) is 27.8 Å². The van der Waals surface area contributed by atoms with Crippen LogP contribution in [0, 0.1) is 19.3 Å². The van der Waals surface area contributed by atoms with Crippen molar-refractivity contribution >= 4 is 17.4 Å². The average molecular weight is 268 g/mol. The van der Waals surface area contributed by atoms with Gasteiger partial charge in [0.05, 0.1) is 12.7 Å². The highest BCUT2D eigenvalue weighted by molar-refractivity contribution is 6.33. The summed E-state index contributed by atoms with van der Waals surface area (Å²) < 4.78 is 5.33. The molecular formula is C14H18ClNO2. The Morgan fingerprint density at radius 2 is 2.11 bits per heavy atom. The number of benzene rings is 1. The van der Waals surface area contributed by atoms with Crippen molar-refractivity contribution in [2.45, 2.75) is 26.7 Å². The molecule has 0 aromatic heterocycles. The lowest BCUT2D eigenvalue weighted by Crippen LogP contribution is -2.26. The van der Waals surface area contributed by atoms with Gasteiger partial charge >= 0.3 is 0 Å². The van der Waals surface area contributed by atoms with E-state index in [0.717, 1.165) is 24.0 Å². The number of aryl methyl sites for hydroxylation is 1. The lowest BCUT2D eigenvalue weighted by Gasteiger charge is -2.18. The van der Waals surface area contributed by atoms with E-state index in [4.69, 9.17) is 22.1 Å². The number of halogens is 1. The molecular weight excluding hydrogens is 250 g/mol. The van der Waals surface area contributed by atoms with Crippen molar-refractivity contribution in [3.63, 3.8) is 0 Å². The molecule has 0 unspecified atom stereocenters. The second-order valence-corrected chi connectivity index (χ2v) is 5.40. The molecule has 98 valence electrons. The summed E-state index contributed by atoms with van der Waals surface area (Å²) in [5.41, 5.74) is 7.64. The quantitative estimate of drug-likeness (QED) is 0.854. The van der Waals surface area contributed by atoms with Gasteiger partial charge in [0.1, 0.15) is 5.75 Å². The number of carbonyl (C=O) groups excluding carboxylic acids is 1. The molecule has 2 rings (SSSR count). The summed E-state index contributed by atoms with van der Waals surface area (Å²) in [4.78, 5) is 12.6. The molecule has 0 saturated heterocycles. The van der Waals surface area contributed by atoms with Crippen LogP contribution in [0.5, 0.6) is 5.75 Å². The van der Waals surface area contributed by atoms with Crippen molar-refractivity contribution in [2.75, 3.05) is 13.7 Å². The second-order valence-electron chi connectivity index (χ2n) is 5.02. The van der Waals surface area contributed by atoms with Crippen LogP contribution in [0.3, 0.4) is 0 Å². The van der Waals surface area contributed by atoms with E-state index in [1.54, 1.807) is 7.11 Å². The fraction of sp³-hybridized carbons (Fsp3) is 0.500. The van der Waals surface area contributed by atoms with Crippen LogP contribution < -0.4 is 10.5 Å². The summed E-state index contributed by atoms with van der Waals surface area (Å²) in [5, 5.41) is 0.631. The summed E-state index contributed by atoms with van der Waals surface area (Å²) in [6.45, 7) is 4.15. The van der Waals surface area contributed by atoms with Crippen LogP contribution in [-0.4, -0.2) is 19.4 Å². The topological polar surface area (TPSA) is 52.3 Å². The monoisotopic (exact) mass is 267 g/mol. The minimum absolute atomic E-state index is 0.0706. The number of Topliss-reactive ketones (excluding diaryl/α,β-unsaturated/α-hetero) is 1. The molecule has 1 fully saturated rings. The standard InChI is InChI=1S/C14H18ClNO2/c1-8-6-10(18-3)11(9(2)12(8)15)13(17)14(7-16)4-5-14/h6H,4-5,7,16H2,1-3H3. The normalized spacial score (nSPS) is 16.5. The third-order valence-corrected chi connectivity index (χ3v) is 4.40. The molecule has 1 aliphatic rings. The van der Waals surface area contributed by atoms with Gasteiger partial charge in [-0.2, -0.15) is 0 Å². The van der Waals surface area contributed by atoms with E-state index in [9.17, 15) is 4.79 Å². The number of methoxy groups -OCH3 is 1. The summed E-state index contributed by atoms with van der Waals surface area (Å²) in [6.07, 6.45) is 1.72. The first-order valence-electron chi connectivity index (χ1n) is 6.05. The van der Waals surface area contributed by atoms with Crippen molar-refractivity contribution in [1.29, 1.82) is 0 Å². The predicted octanol–water partition coefficient (Wildman–Crippen LogP) is 2.89. The number of carbonyl (C=O) groups is 1. The molecule has 1 saturated carbocycles. The first kappa shape index (κ1) is 13.4. The number of hydrogen-bond donors (Lipinski definition) is 1. The molecule has 0 amide bonds. The van der Waals surface area contributed by atoms with Crippen molar-refractivity contribution < 1.29 is 9.53 Å². The fourth-order valence-electron chi connectivity index (χ4n) is 2.31. The minimum Gasteiger partial charge on any atom is -0.496 e. The Morgan fingerprint density at radius 1 is 1.50 bits per heavy atom. The molecule has 0 aliphatic heterocycles. The van der Waals surface area contributed by atoms with Crippen LogP contribution in [-0.2, 0) is 0 Å². The Kier molecular flexibility index (Phi) is 3.39. The Hall–Kier alpha value is -1.06. The van der Waals surface area contributed by atoms with E-state index in [2.05, 4.69) is 0 Å². The van der Waals surface area contributed by atoms with E-state index < -0.39 is 0 Å². The molecule has 0 heterocycles. The highest BCUT2D eigenvalue weighted by atomic mass is 35.5. The zero-order valence-corrected chi connectivity index (χ0v) is 11.7. The van der Waals surface area contributed by atoms with E-state index in [1.807, 2.05) is 19.9 Å². The van der Waals surface area contributed by atoms with Gasteiger partial charge in [-0.3, -0.25) is 4.79 Å². The summed E-state index contributed by atoms with van der Waals surface area (Å²) in [7, 11) is 1.57. The average Bonchev–Trinajstić information content (AvgIpc) is 3.15. The molecule has 0 atom stereocenters. The first-order chi connectivity index (χ1) is 8.46. The largest absolute Gasteiger partial charge is 0.496 e. The predicted molar refractivity (Wildman–Crippen MR) is 72.5 cm³/mol. The maximum atomic E-state index is 12.6. The van der Waals surface area contributed by atoms with Crippen LogP contribution in [0.4, 0.5) is 0 Å². The second kappa shape index (κ2) is 4.56. The van der Waals surface area contributed by atoms with Gasteiger partial charge < -0.3 is 10.5 Å². The lowest BCUT2D eigenvalue weighted by molar-refractivity contribution is 0.0902. The van der Waals surface area contributed by atoms with Crippen LogP contribution >= 0.6 is 11.6 Å². The van der Waals surface area contributed by atoms with Gasteiger partial charge in [0, 0.05) is 17.0 Å². The Balaban J connectivity index is 2.56. The molecule has 18 heavy (non-hydrogen) atoms. The molecule has 1 aliphatic carbocycles. The van der Waals surface area contributed by atoms with Crippen LogP contribution in [0.25, 0.3) is 0 Å². The molecule has 1 aromatic carbocycles. The smallest absolute Gasteiger partial charge is 0.174 e. The van der Waals surface area contributed by atoms with Crippen LogP contribution in [0.1, 0.15) is 34.3 Å². The van der Waals surface area contributed by atoms with E-state index in [-0.39, 0.29) is 11.2 Å². The third kappa shape index (κ3) is 1.91. The number of hydrogen-bond acceptors (Lipinski definition) is 3. The van der Waals surface area contributed by atoms with Gasteiger partial charge in [-0.15, -0.1) is 0 Å². The first-order valence-corrected chi connectivity index (χ1v) is 6.43. The highest BCUT2D eigenvalue weighted by Crippen LogP contribution is 2.49. The Morgan fingerprint density at radius 3 is 2.56 bits per heavy atom. The fourth-order valence-corrected chi connectivity index (χ4v) is 2.45. The number of rotatable bonds is 4. The molecule has 0 bridgehead atoms. The molecule has 2 N–H and O–H groups in total. The van der Waals surface area contributed by atoms with Gasteiger partial charge in [0.25, 0.3) is 0 Å². The van der Waals surface area contributed by atoms with Gasteiger partial charge in [-0.25, -0.2) is 0 Å². The SMILES string of the molecule is COc1cc(C)c(Cl)c(C)c1C(=O)C1(CN)CC1. The third-order valence-electron chi connectivity index (χ3n) is 3.82. The Bertz CT molecular complexity index is 507. The zero-order valence-electron chi connectivity index (χ0n) is 11.0. The van der Waals surface area contributed by atoms with Gasteiger partial charge in [-0.1, -0.05) is 11.6 Å². The number of ether oxygens (including phenoxy) is 1. The molecule has 0 radical (unpaired) electrons. The van der Waals surface area contributed by atoms with Gasteiger partial charge in [0.15, 0.2) is 5.78 Å².